The van der Waals surface area contributed by atoms with E-state index in [1.54, 1.807) is 28.6 Å². The number of amides is 1. The van der Waals surface area contributed by atoms with Gasteiger partial charge in [-0.15, -0.1) is 0 Å². The van der Waals surface area contributed by atoms with Crippen LogP contribution < -0.4 is 5.32 Å². The molecule has 1 aliphatic heterocycles. The van der Waals surface area contributed by atoms with Crippen molar-refractivity contribution in [2.75, 3.05) is 13.1 Å². The van der Waals surface area contributed by atoms with Crippen LogP contribution in [0.15, 0.2) is 59.5 Å². The zero-order valence-electron chi connectivity index (χ0n) is 17.0. The summed E-state index contributed by atoms with van der Waals surface area (Å²) in [5.74, 6) is 0.454. The van der Waals surface area contributed by atoms with E-state index < -0.39 is 10.0 Å². The quantitative estimate of drug-likeness (QED) is 0.715. The van der Waals surface area contributed by atoms with Crippen molar-refractivity contribution in [3.05, 3.63) is 65.7 Å². The Morgan fingerprint density at radius 2 is 1.62 bits per heavy atom. The second-order valence-corrected chi connectivity index (χ2v) is 9.58. The summed E-state index contributed by atoms with van der Waals surface area (Å²) in [6, 6.07) is 16.9. The molecule has 1 saturated heterocycles. The van der Waals surface area contributed by atoms with Crippen molar-refractivity contribution in [1.82, 2.24) is 9.62 Å². The highest BCUT2D eigenvalue weighted by Crippen LogP contribution is 2.26. The average molecular weight is 415 g/mol. The molecular weight excluding hydrogens is 384 g/mol. The van der Waals surface area contributed by atoms with E-state index in [4.69, 9.17) is 0 Å². The largest absolute Gasteiger partial charge is 0.352 e. The minimum atomic E-state index is -3.41. The molecule has 29 heavy (non-hydrogen) atoms. The van der Waals surface area contributed by atoms with E-state index in [-0.39, 0.29) is 5.91 Å². The van der Waals surface area contributed by atoms with E-state index >= 15 is 0 Å². The Bertz CT molecular complexity index is 887. The fraction of sp³-hybridized carbons (Fsp3) is 0.435. The predicted octanol–water partition coefficient (Wildman–Crippen LogP) is 3.75. The van der Waals surface area contributed by atoms with Crippen LogP contribution in [0.25, 0.3) is 0 Å². The van der Waals surface area contributed by atoms with Gasteiger partial charge in [0.2, 0.25) is 15.9 Å². The molecule has 156 valence electrons. The third-order valence-electron chi connectivity index (χ3n) is 5.66. The van der Waals surface area contributed by atoms with Gasteiger partial charge in [0.05, 0.1) is 4.90 Å². The van der Waals surface area contributed by atoms with Crippen molar-refractivity contribution in [1.29, 1.82) is 0 Å². The molecule has 0 saturated carbocycles. The molecule has 1 N–H and O–H groups in total. The molecular formula is C23H30N2O3S. The summed E-state index contributed by atoms with van der Waals surface area (Å²) in [5.41, 5.74) is 2.40. The first-order valence-corrected chi connectivity index (χ1v) is 11.8. The fourth-order valence-electron chi connectivity index (χ4n) is 3.70. The minimum absolute atomic E-state index is 0.0592. The van der Waals surface area contributed by atoms with Crippen molar-refractivity contribution in [3.8, 4) is 0 Å². The van der Waals surface area contributed by atoms with Crippen LogP contribution in [-0.4, -0.2) is 31.7 Å². The summed E-state index contributed by atoms with van der Waals surface area (Å²) in [6.07, 6.45) is 3.91. The second kappa shape index (κ2) is 10.0. The van der Waals surface area contributed by atoms with Crippen molar-refractivity contribution >= 4 is 15.9 Å². The van der Waals surface area contributed by atoms with Crippen molar-refractivity contribution in [2.24, 2.45) is 5.92 Å². The Labute approximate surface area is 174 Å². The van der Waals surface area contributed by atoms with Gasteiger partial charge in [0.1, 0.15) is 0 Å². The zero-order chi connectivity index (χ0) is 20.7. The number of rotatable bonds is 8. The lowest BCUT2D eigenvalue weighted by molar-refractivity contribution is -0.121. The number of nitrogens with one attached hydrogen (secondary N) is 1. The number of sulfonamides is 1. The van der Waals surface area contributed by atoms with Crippen LogP contribution in [0.5, 0.6) is 0 Å². The number of hydrogen-bond acceptors (Lipinski definition) is 3. The summed E-state index contributed by atoms with van der Waals surface area (Å²) in [6.45, 7) is 3.72. The molecule has 0 atom stereocenters. The third kappa shape index (κ3) is 5.90. The van der Waals surface area contributed by atoms with E-state index in [9.17, 15) is 13.2 Å². The number of carbonyl (C=O) groups is 1. The number of piperidine rings is 1. The second-order valence-electron chi connectivity index (χ2n) is 7.65. The highest BCUT2D eigenvalue weighted by atomic mass is 32.2. The standard InChI is InChI=1S/C23H30N2O3S/c1-2-19-8-10-21(11-9-19)18-24-23(26)13-12-20-14-16-25(17-15-20)29(27,28)22-6-4-3-5-7-22/h3-11,20H,2,12-18H2,1H3,(H,24,26). The molecule has 1 aliphatic rings. The maximum absolute atomic E-state index is 12.7. The van der Waals surface area contributed by atoms with Crippen LogP contribution >= 0.6 is 0 Å². The maximum atomic E-state index is 12.7. The first-order valence-electron chi connectivity index (χ1n) is 10.4. The summed E-state index contributed by atoms with van der Waals surface area (Å²) in [7, 11) is -3.41. The van der Waals surface area contributed by atoms with Crippen molar-refractivity contribution in [3.63, 3.8) is 0 Å². The molecule has 0 aliphatic carbocycles. The third-order valence-corrected chi connectivity index (χ3v) is 7.57. The highest BCUT2D eigenvalue weighted by Gasteiger charge is 2.29. The van der Waals surface area contributed by atoms with Crippen LogP contribution in [0.4, 0.5) is 0 Å². The first kappa shape index (κ1) is 21.5. The molecule has 5 nitrogen and oxygen atoms in total. The monoisotopic (exact) mass is 414 g/mol. The molecule has 0 unspecified atom stereocenters. The topological polar surface area (TPSA) is 66.5 Å². The molecule has 2 aromatic carbocycles. The summed E-state index contributed by atoms with van der Waals surface area (Å²) >= 11 is 0. The minimum Gasteiger partial charge on any atom is -0.352 e. The lowest BCUT2D eigenvalue weighted by Crippen LogP contribution is -2.38. The van der Waals surface area contributed by atoms with Crippen LogP contribution in [0, 0.1) is 5.92 Å². The van der Waals surface area contributed by atoms with Crippen LogP contribution in [0.2, 0.25) is 0 Å². The van der Waals surface area contributed by atoms with Gasteiger partial charge in [-0.1, -0.05) is 49.4 Å². The van der Waals surface area contributed by atoms with Gasteiger partial charge in [0.25, 0.3) is 0 Å². The molecule has 3 rings (SSSR count). The summed E-state index contributed by atoms with van der Waals surface area (Å²) < 4.78 is 26.9. The summed E-state index contributed by atoms with van der Waals surface area (Å²) in [4.78, 5) is 12.5. The molecule has 6 heteroatoms. The van der Waals surface area contributed by atoms with Crippen molar-refractivity contribution in [2.45, 2.75) is 50.5 Å². The van der Waals surface area contributed by atoms with Gasteiger partial charge in [0.15, 0.2) is 0 Å². The lowest BCUT2D eigenvalue weighted by Gasteiger charge is -2.31. The van der Waals surface area contributed by atoms with Crippen LogP contribution in [0.1, 0.15) is 43.7 Å². The Morgan fingerprint density at radius 1 is 1.00 bits per heavy atom. The normalized spacial score (nSPS) is 15.9. The summed E-state index contributed by atoms with van der Waals surface area (Å²) in [5, 5.41) is 2.99. The smallest absolute Gasteiger partial charge is 0.243 e. The molecule has 0 spiro atoms. The number of carbonyl (C=O) groups excluding carboxylic acids is 1. The molecule has 1 amide bonds. The molecule has 0 bridgehead atoms. The van der Waals surface area contributed by atoms with Gasteiger partial charge in [0, 0.05) is 26.1 Å². The number of benzene rings is 2. The Kier molecular flexibility index (Phi) is 7.45. The van der Waals surface area contributed by atoms with E-state index in [1.807, 2.05) is 6.07 Å². The Balaban J connectivity index is 1.40. The number of nitrogens with zero attached hydrogens (tertiary/aromatic N) is 1. The van der Waals surface area contributed by atoms with Gasteiger partial charge < -0.3 is 5.32 Å². The Hall–Kier alpha value is -2.18. The fourth-order valence-corrected chi connectivity index (χ4v) is 5.19. The van der Waals surface area contributed by atoms with E-state index in [2.05, 4.69) is 36.5 Å². The van der Waals surface area contributed by atoms with Crippen LogP contribution in [-0.2, 0) is 27.8 Å². The van der Waals surface area contributed by atoms with Crippen molar-refractivity contribution < 1.29 is 13.2 Å². The number of hydrogen-bond donors (Lipinski definition) is 1. The molecule has 1 heterocycles. The van der Waals surface area contributed by atoms with Gasteiger partial charge in [-0.05, 0) is 54.9 Å². The molecule has 1 fully saturated rings. The zero-order valence-corrected chi connectivity index (χ0v) is 17.8. The maximum Gasteiger partial charge on any atom is 0.243 e. The molecule has 0 aromatic heterocycles. The van der Waals surface area contributed by atoms with Crippen LogP contribution in [0.3, 0.4) is 0 Å². The van der Waals surface area contributed by atoms with Gasteiger partial charge in [-0.2, -0.15) is 4.31 Å². The van der Waals surface area contributed by atoms with E-state index in [0.717, 1.165) is 31.2 Å². The van der Waals surface area contributed by atoms with E-state index in [0.29, 0.717) is 36.9 Å². The van der Waals surface area contributed by atoms with Gasteiger partial charge in [-0.3, -0.25) is 4.79 Å². The van der Waals surface area contributed by atoms with E-state index in [1.165, 1.54) is 5.56 Å². The van der Waals surface area contributed by atoms with Gasteiger partial charge >= 0.3 is 0 Å². The predicted molar refractivity (Wildman–Crippen MR) is 115 cm³/mol. The van der Waals surface area contributed by atoms with Gasteiger partial charge in [-0.25, -0.2) is 8.42 Å². The Morgan fingerprint density at radius 3 is 2.24 bits per heavy atom. The average Bonchev–Trinajstić information content (AvgIpc) is 2.77. The lowest BCUT2D eigenvalue weighted by atomic mass is 9.93. The SMILES string of the molecule is CCc1ccc(CNC(=O)CCC2CCN(S(=O)(=O)c3ccccc3)CC2)cc1. The first-order chi connectivity index (χ1) is 14.0. The molecule has 0 radical (unpaired) electrons. The molecule has 2 aromatic rings. The highest BCUT2D eigenvalue weighted by molar-refractivity contribution is 7.89. The number of aryl methyl sites for hydroxylation is 1.